The Morgan fingerprint density at radius 1 is 1.19 bits per heavy atom. The zero-order valence-corrected chi connectivity index (χ0v) is 18.4. The number of nitriles is 1. The highest BCUT2D eigenvalue weighted by Crippen LogP contribution is 2.27. The van der Waals surface area contributed by atoms with E-state index in [2.05, 4.69) is 4.72 Å². The van der Waals surface area contributed by atoms with Gasteiger partial charge in [0.1, 0.15) is 17.2 Å². The number of amides is 1. The molecule has 0 heterocycles. The second kappa shape index (κ2) is 10.0. The van der Waals surface area contributed by atoms with E-state index in [9.17, 15) is 26.4 Å². The first-order chi connectivity index (χ1) is 14.9. The van der Waals surface area contributed by atoms with E-state index in [1.807, 2.05) is 6.07 Å². The number of hydrogen-bond acceptors (Lipinski definition) is 5. The molecule has 0 aliphatic heterocycles. The second-order valence-electron chi connectivity index (χ2n) is 7.23. The van der Waals surface area contributed by atoms with Crippen LogP contribution < -0.4 is 9.46 Å². The van der Waals surface area contributed by atoms with E-state index in [0.29, 0.717) is 16.0 Å². The molecule has 2 rings (SSSR count). The molecule has 0 spiro atoms. The molecule has 172 valence electrons. The number of carbonyl (C=O) groups excluding carboxylic acids is 1. The van der Waals surface area contributed by atoms with Crippen LogP contribution in [-0.2, 0) is 16.6 Å². The molecule has 0 saturated heterocycles. The Kier molecular flexibility index (Phi) is 7.87. The van der Waals surface area contributed by atoms with Crippen molar-refractivity contribution < 1.29 is 31.1 Å². The van der Waals surface area contributed by atoms with Crippen LogP contribution in [0.2, 0.25) is 0 Å². The zero-order chi connectivity index (χ0) is 24.1. The Morgan fingerprint density at radius 3 is 2.31 bits per heavy atom. The molecule has 0 aliphatic carbocycles. The topological polar surface area (TPSA) is 99.5 Å². The van der Waals surface area contributed by atoms with Gasteiger partial charge in [-0.15, -0.1) is 0 Å². The maximum absolute atomic E-state index is 13.2. The summed E-state index contributed by atoms with van der Waals surface area (Å²) in [6.07, 6.45) is -4.68. The summed E-state index contributed by atoms with van der Waals surface area (Å²) in [6.45, 7) is 1.27. The summed E-state index contributed by atoms with van der Waals surface area (Å²) in [5.41, 5.74) is 0.461. The molecule has 1 N–H and O–H groups in total. The van der Waals surface area contributed by atoms with Gasteiger partial charge in [-0.1, -0.05) is 12.1 Å². The van der Waals surface area contributed by atoms with E-state index in [-0.39, 0.29) is 22.8 Å². The summed E-state index contributed by atoms with van der Waals surface area (Å²) in [7, 11) is -2.84. The van der Waals surface area contributed by atoms with Crippen molar-refractivity contribution in [2.45, 2.75) is 37.5 Å². The molecule has 0 fully saturated rings. The van der Waals surface area contributed by atoms with Gasteiger partial charge in [-0.2, -0.15) is 18.4 Å². The normalized spacial score (nSPS) is 11.8. The Labute approximate surface area is 184 Å². The summed E-state index contributed by atoms with van der Waals surface area (Å²) in [5, 5.41) is 8.86. The standard InChI is InChI=1S/C21H22F3N3O4S/c1-14(2)26-32(29,30)19-10-17(8-9-18(19)31-3)20(28)27(13-21(22,23)24)12-16-6-4-15(11-25)5-7-16/h4-10,14,26H,12-13H2,1-3H3. The molecule has 0 unspecified atom stereocenters. The van der Waals surface area contributed by atoms with Crippen molar-refractivity contribution in [3.05, 3.63) is 59.2 Å². The van der Waals surface area contributed by atoms with Gasteiger partial charge in [0.15, 0.2) is 0 Å². The Balaban J connectivity index is 2.45. The number of benzene rings is 2. The van der Waals surface area contributed by atoms with Crippen molar-refractivity contribution in [2.75, 3.05) is 13.7 Å². The van der Waals surface area contributed by atoms with Crippen molar-refractivity contribution in [2.24, 2.45) is 0 Å². The van der Waals surface area contributed by atoms with Crippen molar-refractivity contribution in [3.63, 3.8) is 0 Å². The van der Waals surface area contributed by atoms with Gasteiger partial charge in [-0.3, -0.25) is 4.79 Å². The average molecular weight is 469 g/mol. The third-order valence-corrected chi connectivity index (χ3v) is 5.88. The zero-order valence-electron chi connectivity index (χ0n) is 17.6. The Hall–Kier alpha value is -3.10. The number of alkyl halides is 3. The number of sulfonamides is 1. The quantitative estimate of drug-likeness (QED) is 0.638. The lowest BCUT2D eigenvalue weighted by Gasteiger charge is -2.25. The fraction of sp³-hybridized carbons (Fsp3) is 0.333. The number of ether oxygens (including phenoxy) is 1. The molecule has 0 aromatic heterocycles. The number of nitrogens with one attached hydrogen (secondary N) is 1. The summed E-state index contributed by atoms with van der Waals surface area (Å²) in [6, 6.07) is 10.6. The number of rotatable bonds is 8. The maximum Gasteiger partial charge on any atom is 0.406 e. The lowest BCUT2D eigenvalue weighted by Crippen LogP contribution is -2.38. The predicted octanol–water partition coefficient (Wildman–Crippen LogP) is 3.46. The van der Waals surface area contributed by atoms with Crippen LogP contribution in [0.1, 0.15) is 35.3 Å². The summed E-state index contributed by atoms with van der Waals surface area (Å²) < 4.78 is 72.2. The SMILES string of the molecule is COc1ccc(C(=O)N(Cc2ccc(C#N)cc2)CC(F)(F)F)cc1S(=O)(=O)NC(C)C. The molecule has 0 saturated carbocycles. The third-order valence-electron chi connectivity index (χ3n) is 4.20. The van der Waals surface area contributed by atoms with E-state index in [1.165, 1.54) is 43.5 Å². The van der Waals surface area contributed by atoms with E-state index in [1.54, 1.807) is 13.8 Å². The number of carbonyl (C=O) groups is 1. The lowest BCUT2D eigenvalue weighted by atomic mass is 10.1. The molecule has 32 heavy (non-hydrogen) atoms. The van der Waals surface area contributed by atoms with Gasteiger partial charge in [0.2, 0.25) is 10.0 Å². The Morgan fingerprint density at radius 2 is 1.81 bits per heavy atom. The lowest BCUT2D eigenvalue weighted by molar-refractivity contribution is -0.141. The molecule has 2 aromatic carbocycles. The molecule has 0 aliphatic rings. The predicted molar refractivity (Wildman–Crippen MR) is 110 cm³/mol. The molecule has 0 bridgehead atoms. The second-order valence-corrected chi connectivity index (χ2v) is 8.91. The van der Waals surface area contributed by atoms with Crippen LogP contribution in [0.4, 0.5) is 13.2 Å². The Bertz CT molecular complexity index is 1110. The molecule has 11 heteroatoms. The highest BCUT2D eigenvalue weighted by molar-refractivity contribution is 7.89. The third kappa shape index (κ3) is 6.70. The largest absolute Gasteiger partial charge is 0.495 e. The maximum atomic E-state index is 13.2. The monoisotopic (exact) mass is 469 g/mol. The highest BCUT2D eigenvalue weighted by Gasteiger charge is 2.34. The van der Waals surface area contributed by atoms with Crippen molar-refractivity contribution in [1.82, 2.24) is 9.62 Å². The summed E-state index contributed by atoms with van der Waals surface area (Å²) in [5.74, 6) is -1.06. The summed E-state index contributed by atoms with van der Waals surface area (Å²) >= 11 is 0. The minimum absolute atomic E-state index is 0.0517. The van der Waals surface area contributed by atoms with E-state index < -0.39 is 34.7 Å². The number of hydrogen-bond donors (Lipinski definition) is 1. The van der Waals surface area contributed by atoms with Crippen molar-refractivity contribution >= 4 is 15.9 Å². The minimum Gasteiger partial charge on any atom is -0.495 e. The van der Waals surface area contributed by atoms with Crippen LogP contribution in [0.3, 0.4) is 0 Å². The molecular formula is C21H22F3N3O4S. The van der Waals surface area contributed by atoms with Crippen molar-refractivity contribution in [1.29, 1.82) is 5.26 Å². The first kappa shape index (κ1) is 25.2. The average Bonchev–Trinajstić information content (AvgIpc) is 2.71. The first-order valence-electron chi connectivity index (χ1n) is 9.41. The van der Waals surface area contributed by atoms with E-state index in [4.69, 9.17) is 10.00 Å². The number of halogens is 3. The van der Waals surface area contributed by atoms with Gasteiger partial charge in [0.05, 0.1) is 18.7 Å². The fourth-order valence-electron chi connectivity index (χ4n) is 2.90. The minimum atomic E-state index is -4.68. The molecule has 1 amide bonds. The molecular weight excluding hydrogens is 447 g/mol. The molecule has 0 radical (unpaired) electrons. The highest BCUT2D eigenvalue weighted by atomic mass is 32.2. The number of methoxy groups -OCH3 is 1. The fourth-order valence-corrected chi connectivity index (χ4v) is 4.34. The van der Waals surface area contributed by atoms with Gasteiger partial charge in [-0.25, -0.2) is 13.1 Å². The van der Waals surface area contributed by atoms with E-state index >= 15 is 0 Å². The molecule has 7 nitrogen and oxygen atoms in total. The first-order valence-corrected chi connectivity index (χ1v) is 10.9. The summed E-state index contributed by atoms with van der Waals surface area (Å²) in [4.78, 5) is 13.2. The van der Waals surface area contributed by atoms with Gasteiger partial charge in [-0.05, 0) is 49.7 Å². The van der Waals surface area contributed by atoms with Gasteiger partial charge in [0, 0.05) is 18.2 Å². The van der Waals surface area contributed by atoms with Gasteiger partial charge >= 0.3 is 6.18 Å². The van der Waals surface area contributed by atoms with Crippen LogP contribution in [0, 0.1) is 11.3 Å². The van der Waals surface area contributed by atoms with Crippen molar-refractivity contribution in [3.8, 4) is 11.8 Å². The van der Waals surface area contributed by atoms with E-state index in [0.717, 1.165) is 6.07 Å². The molecule has 2 aromatic rings. The van der Waals surface area contributed by atoms with Crippen LogP contribution in [0.15, 0.2) is 47.4 Å². The van der Waals surface area contributed by atoms with Gasteiger partial charge in [0.25, 0.3) is 5.91 Å². The van der Waals surface area contributed by atoms with Crippen LogP contribution in [-0.4, -0.2) is 45.1 Å². The van der Waals surface area contributed by atoms with Gasteiger partial charge < -0.3 is 9.64 Å². The number of nitrogens with zero attached hydrogens (tertiary/aromatic N) is 2. The van der Waals surface area contributed by atoms with Crippen LogP contribution in [0.25, 0.3) is 0 Å². The smallest absolute Gasteiger partial charge is 0.406 e. The molecule has 0 atom stereocenters. The van der Waals surface area contributed by atoms with Crippen LogP contribution in [0.5, 0.6) is 5.75 Å². The van der Waals surface area contributed by atoms with Crippen LogP contribution >= 0.6 is 0 Å².